The van der Waals surface area contributed by atoms with Gasteiger partial charge in [0, 0.05) is 13.7 Å². The molecule has 0 aromatic heterocycles. The van der Waals surface area contributed by atoms with E-state index in [9.17, 15) is 13.2 Å². The van der Waals surface area contributed by atoms with Crippen molar-refractivity contribution in [2.24, 2.45) is 0 Å². The zero-order chi connectivity index (χ0) is 14.3. The smallest absolute Gasteiger partial charge is 0.307 e. The number of anilines is 1. The van der Waals surface area contributed by atoms with Gasteiger partial charge in [0.15, 0.2) is 0 Å². The van der Waals surface area contributed by atoms with E-state index in [-0.39, 0.29) is 19.6 Å². The molecule has 0 aliphatic rings. The van der Waals surface area contributed by atoms with E-state index in [0.717, 1.165) is 0 Å². The number of methoxy groups -OCH3 is 1. The predicted molar refractivity (Wildman–Crippen MR) is 70.2 cm³/mol. The van der Waals surface area contributed by atoms with E-state index in [1.165, 1.54) is 13.2 Å². The van der Waals surface area contributed by atoms with Crippen molar-refractivity contribution in [2.75, 3.05) is 25.0 Å². The molecule has 0 unspecified atom stereocenters. The van der Waals surface area contributed by atoms with Crippen LogP contribution in [0.15, 0.2) is 24.3 Å². The summed E-state index contributed by atoms with van der Waals surface area (Å²) in [5, 5.41) is 8.67. The number of carbonyl (C=O) groups is 1. The maximum absolute atomic E-state index is 11.6. The second-order valence-corrected chi connectivity index (χ2v) is 5.26. The highest BCUT2D eigenvalue weighted by Gasteiger charge is 2.09. The van der Waals surface area contributed by atoms with Crippen molar-refractivity contribution >= 4 is 21.9 Å². The highest BCUT2D eigenvalue weighted by Crippen LogP contribution is 2.12. The van der Waals surface area contributed by atoms with Gasteiger partial charge < -0.3 is 9.84 Å². The number of benzene rings is 1. The third-order valence-corrected chi connectivity index (χ3v) is 3.22. The second-order valence-electron chi connectivity index (χ2n) is 3.76. The molecular formula is C11H16N2O5S. The molecule has 0 saturated carbocycles. The number of aliphatic carboxylic acids is 1. The average molecular weight is 288 g/mol. The minimum absolute atomic E-state index is 0.153. The van der Waals surface area contributed by atoms with Crippen molar-refractivity contribution in [3.8, 4) is 0 Å². The van der Waals surface area contributed by atoms with Crippen molar-refractivity contribution in [3.05, 3.63) is 29.8 Å². The summed E-state index contributed by atoms with van der Waals surface area (Å²) in [7, 11) is -2.21. The second kappa shape index (κ2) is 7.07. The van der Waals surface area contributed by atoms with Crippen LogP contribution in [0.25, 0.3) is 0 Å². The van der Waals surface area contributed by atoms with Crippen LogP contribution >= 0.6 is 0 Å². The fourth-order valence-corrected chi connectivity index (χ4v) is 2.25. The van der Waals surface area contributed by atoms with Crippen LogP contribution in [-0.2, 0) is 26.2 Å². The van der Waals surface area contributed by atoms with Crippen molar-refractivity contribution in [1.82, 2.24) is 4.72 Å². The van der Waals surface area contributed by atoms with E-state index >= 15 is 0 Å². The van der Waals surface area contributed by atoms with Gasteiger partial charge in [-0.3, -0.25) is 9.52 Å². The van der Waals surface area contributed by atoms with Crippen LogP contribution in [0.3, 0.4) is 0 Å². The van der Waals surface area contributed by atoms with Crippen molar-refractivity contribution in [2.45, 2.75) is 6.42 Å². The molecule has 0 spiro atoms. The quantitative estimate of drug-likeness (QED) is 0.593. The molecule has 7 nitrogen and oxygen atoms in total. The summed E-state index contributed by atoms with van der Waals surface area (Å²) in [6.45, 7) is 0.417. The molecule has 0 fully saturated rings. The van der Waals surface area contributed by atoms with Crippen LogP contribution in [-0.4, -0.2) is 39.8 Å². The summed E-state index contributed by atoms with van der Waals surface area (Å²) in [4.78, 5) is 10.6. The number of hydrogen-bond acceptors (Lipinski definition) is 4. The van der Waals surface area contributed by atoms with Gasteiger partial charge in [-0.1, -0.05) is 12.1 Å². The molecule has 0 amide bonds. The molecule has 0 atom stereocenters. The highest BCUT2D eigenvalue weighted by molar-refractivity contribution is 7.90. The molecule has 19 heavy (non-hydrogen) atoms. The number of rotatable bonds is 8. The monoisotopic (exact) mass is 288 g/mol. The van der Waals surface area contributed by atoms with Crippen LogP contribution < -0.4 is 9.44 Å². The summed E-state index contributed by atoms with van der Waals surface area (Å²) in [6, 6.07) is 6.22. The number of carboxylic acids is 1. The van der Waals surface area contributed by atoms with Gasteiger partial charge in [0.25, 0.3) is 10.2 Å². The predicted octanol–water partition coefficient (Wildman–Crippen LogP) is 0.206. The fraction of sp³-hybridized carbons (Fsp3) is 0.364. The Balaban J connectivity index is 2.68. The SMILES string of the molecule is COCCNS(=O)(=O)Nc1cccc(CC(=O)O)c1. The van der Waals surface area contributed by atoms with Gasteiger partial charge in [0.2, 0.25) is 0 Å². The van der Waals surface area contributed by atoms with Gasteiger partial charge in [0.1, 0.15) is 0 Å². The van der Waals surface area contributed by atoms with Gasteiger partial charge in [-0.2, -0.15) is 13.1 Å². The zero-order valence-corrected chi connectivity index (χ0v) is 11.2. The van der Waals surface area contributed by atoms with Crippen LogP contribution in [0.5, 0.6) is 0 Å². The van der Waals surface area contributed by atoms with Crippen LogP contribution in [0, 0.1) is 0 Å². The fourth-order valence-electron chi connectivity index (χ4n) is 1.39. The topological polar surface area (TPSA) is 105 Å². The Labute approximate surface area is 111 Å². The Morgan fingerprint density at radius 3 is 2.79 bits per heavy atom. The third kappa shape index (κ3) is 6.18. The van der Waals surface area contributed by atoms with E-state index in [1.54, 1.807) is 18.2 Å². The molecule has 1 aromatic rings. The third-order valence-electron chi connectivity index (χ3n) is 2.13. The normalized spacial score (nSPS) is 11.2. The lowest BCUT2D eigenvalue weighted by Gasteiger charge is -2.09. The van der Waals surface area contributed by atoms with Crippen molar-refractivity contribution < 1.29 is 23.1 Å². The molecular weight excluding hydrogens is 272 g/mol. The molecule has 0 saturated heterocycles. The average Bonchev–Trinajstić information content (AvgIpc) is 2.27. The molecule has 0 aliphatic heterocycles. The summed E-state index contributed by atoms with van der Waals surface area (Å²) >= 11 is 0. The van der Waals surface area contributed by atoms with E-state index < -0.39 is 16.2 Å². The van der Waals surface area contributed by atoms with Crippen LogP contribution in [0.1, 0.15) is 5.56 Å². The van der Waals surface area contributed by atoms with Crippen LogP contribution in [0.4, 0.5) is 5.69 Å². The Kier molecular flexibility index (Phi) is 5.74. The minimum Gasteiger partial charge on any atom is -0.481 e. The lowest BCUT2D eigenvalue weighted by atomic mass is 10.1. The molecule has 3 N–H and O–H groups in total. The first kappa shape index (κ1) is 15.4. The van der Waals surface area contributed by atoms with Gasteiger partial charge in [-0.25, -0.2) is 0 Å². The first-order chi connectivity index (χ1) is 8.93. The molecule has 8 heteroatoms. The Morgan fingerprint density at radius 1 is 1.42 bits per heavy atom. The molecule has 0 bridgehead atoms. The number of nitrogens with one attached hydrogen (secondary N) is 2. The number of carboxylic acid groups (broad SMARTS) is 1. The lowest BCUT2D eigenvalue weighted by molar-refractivity contribution is -0.136. The molecule has 1 aromatic carbocycles. The Morgan fingerprint density at radius 2 is 2.16 bits per heavy atom. The standard InChI is InChI=1S/C11H16N2O5S/c1-18-6-5-12-19(16,17)13-10-4-2-3-9(7-10)8-11(14)15/h2-4,7,12-13H,5-6,8H2,1H3,(H,14,15). The molecule has 0 radical (unpaired) electrons. The van der Waals surface area contributed by atoms with Gasteiger partial charge in [0.05, 0.1) is 18.7 Å². The summed E-state index contributed by atoms with van der Waals surface area (Å²) in [6.07, 6.45) is -0.160. The minimum atomic E-state index is -3.68. The summed E-state index contributed by atoms with van der Waals surface area (Å²) < 4.78 is 32.6. The van der Waals surface area contributed by atoms with Crippen molar-refractivity contribution in [1.29, 1.82) is 0 Å². The Hall–Kier alpha value is -1.64. The molecule has 1 rings (SSSR count). The van der Waals surface area contributed by atoms with Gasteiger partial charge in [-0.15, -0.1) is 0 Å². The molecule has 0 heterocycles. The largest absolute Gasteiger partial charge is 0.481 e. The van der Waals surface area contributed by atoms with E-state index in [4.69, 9.17) is 9.84 Å². The lowest BCUT2D eigenvalue weighted by Crippen LogP contribution is -2.32. The van der Waals surface area contributed by atoms with E-state index in [2.05, 4.69) is 9.44 Å². The zero-order valence-electron chi connectivity index (χ0n) is 10.4. The Bertz CT molecular complexity index is 530. The summed E-state index contributed by atoms with van der Waals surface area (Å²) in [5.41, 5.74) is 0.827. The van der Waals surface area contributed by atoms with Crippen LogP contribution in [0.2, 0.25) is 0 Å². The molecule has 106 valence electrons. The molecule has 0 aliphatic carbocycles. The highest BCUT2D eigenvalue weighted by atomic mass is 32.2. The number of ether oxygens (including phenoxy) is 1. The first-order valence-corrected chi connectivity index (χ1v) is 6.98. The maximum Gasteiger partial charge on any atom is 0.307 e. The van der Waals surface area contributed by atoms with E-state index in [0.29, 0.717) is 11.3 Å². The van der Waals surface area contributed by atoms with Gasteiger partial charge >= 0.3 is 5.97 Å². The summed E-state index contributed by atoms with van der Waals surface area (Å²) in [5.74, 6) is -0.974. The van der Waals surface area contributed by atoms with Gasteiger partial charge in [-0.05, 0) is 17.7 Å². The van der Waals surface area contributed by atoms with E-state index in [1.807, 2.05) is 0 Å². The maximum atomic E-state index is 11.6. The first-order valence-electron chi connectivity index (χ1n) is 5.50. The van der Waals surface area contributed by atoms with Crippen molar-refractivity contribution in [3.63, 3.8) is 0 Å². The number of hydrogen-bond donors (Lipinski definition) is 3.